The third kappa shape index (κ3) is 5.61. The first-order chi connectivity index (χ1) is 29.9. The van der Waals surface area contributed by atoms with Gasteiger partial charge in [-0.15, -0.1) is 0 Å². The number of anilines is 3. The van der Waals surface area contributed by atoms with E-state index in [1.165, 1.54) is 94.7 Å². The molecule has 1 heteroatoms. The number of aryl methyl sites for hydroxylation is 2. The van der Waals surface area contributed by atoms with E-state index in [1.54, 1.807) is 0 Å². The van der Waals surface area contributed by atoms with Crippen molar-refractivity contribution in [1.29, 1.82) is 0 Å². The van der Waals surface area contributed by atoms with Crippen molar-refractivity contribution in [2.45, 2.75) is 38.5 Å². The molecular formula is C60H47N. The summed E-state index contributed by atoms with van der Waals surface area (Å²) in [6, 6.07) is 79.0. The normalized spacial score (nSPS) is 13.8. The summed E-state index contributed by atoms with van der Waals surface area (Å²) >= 11 is 0. The first-order valence-electron chi connectivity index (χ1n) is 21.5. The number of rotatable bonds is 7. The Balaban J connectivity index is 1.16. The second-order valence-corrected chi connectivity index (χ2v) is 17.4. The van der Waals surface area contributed by atoms with Crippen LogP contribution < -0.4 is 4.90 Å². The van der Waals surface area contributed by atoms with Crippen molar-refractivity contribution in [3.63, 3.8) is 0 Å². The van der Waals surface area contributed by atoms with Crippen molar-refractivity contribution in [3.8, 4) is 44.5 Å². The summed E-state index contributed by atoms with van der Waals surface area (Å²) in [5.41, 5.74) is 23.3. The molecule has 1 nitrogen and oxygen atoms in total. The van der Waals surface area contributed by atoms with Crippen molar-refractivity contribution >= 4 is 17.1 Å². The Kier molecular flexibility index (Phi) is 8.58. The predicted octanol–water partition coefficient (Wildman–Crippen LogP) is 15.8. The molecule has 0 unspecified atom stereocenters. The van der Waals surface area contributed by atoms with Crippen LogP contribution in [-0.4, -0.2) is 0 Å². The third-order valence-corrected chi connectivity index (χ3v) is 13.6. The van der Waals surface area contributed by atoms with Crippen molar-refractivity contribution in [3.05, 3.63) is 257 Å². The smallest absolute Gasteiger partial charge is 0.0714 e. The lowest BCUT2D eigenvalue weighted by Gasteiger charge is -2.35. The van der Waals surface area contributed by atoms with E-state index in [-0.39, 0.29) is 5.41 Å². The molecular weight excluding hydrogens is 735 g/mol. The highest BCUT2D eigenvalue weighted by Gasteiger charge is 2.46. The van der Waals surface area contributed by atoms with E-state index in [2.05, 4.69) is 245 Å². The zero-order valence-electron chi connectivity index (χ0n) is 35.2. The van der Waals surface area contributed by atoms with E-state index in [1.807, 2.05) is 0 Å². The number of hydrogen-bond acceptors (Lipinski definition) is 1. The van der Waals surface area contributed by atoms with Gasteiger partial charge in [0.1, 0.15) is 0 Å². The Morgan fingerprint density at radius 3 is 1.31 bits per heavy atom. The van der Waals surface area contributed by atoms with Crippen LogP contribution in [0.4, 0.5) is 17.1 Å². The number of benzene rings is 9. The van der Waals surface area contributed by atoms with Gasteiger partial charge in [-0.05, 0) is 139 Å². The summed E-state index contributed by atoms with van der Waals surface area (Å²) in [6.45, 7) is 9.33. The van der Waals surface area contributed by atoms with Gasteiger partial charge in [0.2, 0.25) is 0 Å². The van der Waals surface area contributed by atoms with Crippen LogP contribution in [0.15, 0.2) is 212 Å². The van der Waals surface area contributed by atoms with Crippen molar-refractivity contribution in [1.82, 2.24) is 0 Å². The van der Waals surface area contributed by atoms with E-state index < -0.39 is 5.41 Å². The van der Waals surface area contributed by atoms with Crippen LogP contribution in [0, 0.1) is 13.8 Å². The molecule has 61 heavy (non-hydrogen) atoms. The zero-order chi connectivity index (χ0) is 41.3. The minimum atomic E-state index is -0.507. The monoisotopic (exact) mass is 781 g/mol. The molecule has 0 fully saturated rings. The molecule has 0 amide bonds. The quantitative estimate of drug-likeness (QED) is 0.156. The molecule has 0 heterocycles. The lowest BCUT2D eigenvalue weighted by Crippen LogP contribution is -2.28. The van der Waals surface area contributed by atoms with Crippen LogP contribution in [-0.2, 0) is 10.8 Å². The second kappa shape index (κ2) is 14.2. The maximum absolute atomic E-state index is 2.54. The van der Waals surface area contributed by atoms with E-state index in [4.69, 9.17) is 0 Å². The van der Waals surface area contributed by atoms with Crippen molar-refractivity contribution < 1.29 is 0 Å². The van der Waals surface area contributed by atoms with Crippen molar-refractivity contribution in [2.24, 2.45) is 0 Å². The van der Waals surface area contributed by atoms with E-state index in [9.17, 15) is 0 Å². The first kappa shape index (κ1) is 36.8. The molecule has 9 aromatic rings. The van der Waals surface area contributed by atoms with Gasteiger partial charge in [-0.2, -0.15) is 0 Å². The highest BCUT2D eigenvalue weighted by atomic mass is 15.1. The lowest BCUT2D eigenvalue weighted by atomic mass is 9.67. The molecule has 0 bridgehead atoms. The fourth-order valence-corrected chi connectivity index (χ4v) is 10.9. The highest BCUT2D eigenvalue weighted by molar-refractivity contribution is 5.93. The lowest BCUT2D eigenvalue weighted by molar-refractivity contribution is 0.660. The average Bonchev–Trinajstić information content (AvgIpc) is 3.73. The third-order valence-electron chi connectivity index (χ3n) is 13.6. The maximum Gasteiger partial charge on any atom is 0.0714 e. The zero-order valence-corrected chi connectivity index (χ0v) is 35.2. The minimum Gasteiger partial charge on any atom is -0.310 e. The molecule has 292 valence electrons. The molecule has 0 saturated heterocycles. The summed E-state index contributed by atoms with van der Waals surface area (Å²) in [4.78, 5) is 2.54. The Morgan fingerprint density at radius 1 is 0.328 bits per heavy atom. The van der Waals surface area contributed by atoms with Crippen LogP contribution >= 0.6 is 0 Å². The fraction of sp³-hybridized carbons (Fsp3) is 0.100. The Labute approximate surface area is 360 Å². The summed E-state index contributed by atoms with van der Waals surface area (Å²) in [6.07, 6.45) is 0. The largest absolute Gasteiger partial charge is 0.310 e. The predicted molar refractivity (Wildman–Crippen MR) is 256 cm³/mol. The molecule has 0 aliphatic heterocycles. The summed E-state index contributed by atoms with van der Waals surface area (Å²) in [5, 5.41) is 0. The second-order valence-electron chi connectivity index (χ2n) is 17.4. The molecule has 2 aliphatic carbocycles. The first-order valence-corrected chi connectivity index (χ1v) is 21.5. The number of nitrogens with zero attached hydrogens (tertiary/aromatic N) is 1. The van der Waals surface area contributed by atoms with Gasteiger partial charge < -0.3 is 4.90 Å². The fourth-order valence-electron chi connectivity index (χ4n) is 10.9. The number of fused-ring (bicyclic) bond motifs is 6. The van der Waals surface area contributed by atoms with Gasteiger partial charge >= 0.3 is 0 Å². The van der Waals surface area contributed by atoms with Gasteiger partial charge in [0.15, 0.2) is 0 Å². The van der Waals surface area contributed by atoms with E-state index in [0.29, 0.717) is 0 Å². The van der Waals surface area contributed by atoms with Gasteiger partial charge in [-0.25, -0.2) is 0 Å². The summed E-state index contributed by atoms with van der Waals surface area (Å²) in [7, 11) is 0. The highest BCUT2D eigenvalue weighted by Crippen LogP contribution is 2.58. The average molecular weight is 782 g/mol. The van der Waals surface area contributed by atoms with Gasteiger partial charge in [-0.3, -0.25) is 0 Å². The molecule has 11 rings (SSSR count). The minimum absolute atomic E-state index is 0.141. The maximum atomic E-state index is 2.54. The molecule has 0 N–H and O–H groups in total. The van der Waals surface area contributed by atoms with E-state index >= 15 is 0 Å². The van der Waals surface area contributed by atoms with Crippen LogP contribution in [0.2, 0.25) is 0 Å². The molecule has 0 spiro atoms. The Morgan fingerprint density at radius 2 is 0.738 bits per heavy atom. The number of hydrogen-bond donors (Lipinski definition) is 0. The van der Waals surface area contributed by atoms with Gasteiger partial charge in [0, 0.05) is 16.8 Å². The molecule has 2 aliphatic rings. The van der Waals surface area contributed by atoms with Gasteiger partial charge in [0.05, 0.1) is 11.1 Å². The van der Waals surface area contributed by atoms with Crippen molar-refractivity contribution in [2.75, 3.05) is 4.90 Å². The molecule has 9 aromatic carbocycles. The van der Waals surface area contributed by atoms with Crippen LogP contribution in [0.25, 0.3) is 44.5 Å². The standard InChI is InChI=1S/C60H47N/c1-40-36-43(49-27-15-14-26-48(49)42-20-8-5-9-21-42)37-41(2)58(40)61(46-32-34-52-50-28-16-18-30-54(50)59(3,4)56(52)38-46)47-33-35-53-51-29-17-19-31-55(51)60(57(53)39-47,44-22-10-6-11-23-44)45-24-12-7-13-25-45/h5-39H,1-4H3. The summed E-state index contributed by atoms with van der Waals surface area (Å²) < 4.78 is 0. The van der Waals surface area contributed by atoms with Crippen LogP contribution in [0.5, 0.6) is 0 Å². The molecule has 0 radical (unpaired) electrons. The summed E-state index contributed by atoms with van der Waals surface area (Å²) in [5.74, 6) is 0. The van der Waals surface area contributed by atoms with Crippen LogP contribution in [0.1, 0.15) is 58.4 Å². The SMILES string of the molecule is Cc1cc(-c2ccccc2-c2ccccc2)cc(C)c1N(c1ccc2c(c1)C(C)(C)c1ccccc1-2)c1ccc2c(c1)C(c1ccccc1)(c1ccccc1)c1ccccc1-2. The van der Waals surface area contributed by atoms with Crippen LogP contribution in [0.3, 0.4) is 0 Å². The van der Waals surface area contributed by atoms with E-state index in [0.717, 1.165) is 11.4 Å². The molecule has 0 atom stereocenters. The van der Waals surface area contributed by atoms with Gasteiger partial charge in [0.25, 0.3) is 0 Å². The Bertz CT molecular complexity index is 3060. The molecule has 0 aromatic heterocycles. The molecule has 0 saturated carbocycles. The topological polar surface area (TPSA) is 3.24 Å². The van der Waals surface area contributed by atoms with Gasteiger partial charge in [-0.1, -0.05) is 190 Å². The Hall–Kier alpha value is -7.22.